The lowest BCUT2D eigenvalue weighted by Crippen LogP contribution is -2.21. The van der Waals surface area contributed by atoms with Gasteiger partial charge in [-0.15, -0.1) is 0 Å². The Bertz CT molecular complexity index is 1410. The van der Waals surface area contributed by atoms with Crippen LogP contribution in [0.25, 0.3) is 22.6 Å². The van der Waals surface area contributed by atoms with E-state index in [4.69, 9.17) is 9.90 Å². The Kier molecular flexibility index (Phi) is 6.63. The molecular formula is C25H19F3N4O3. The second-order valence-electron chi connectivity index (χ2n) is 7.69. The second kappa shape index (κ2) is 9.80. The maximum Gasteiger partial charge on any atom is 0.490 e. The molecule has 178 valence electrons. The van der Waals surface area contributed by atoms with Gasteiger partial charge in [-0.05, 0) is 54.3 Å². The highest BCUT2D eigenvalue weighted by Gasteiger charge is 2.38. The third-order valence-corrected chi connectivity index (χ3v) is 5.33. The number of carbonyl (C=O) groups excluding carboxylic acids is 1. The van der Waals surface area contributed by atoms with E-state index in [2.05, 4.69) is 26.6 Å². The summed E-state index contributed by atoms with van der Waals surface area (Å²) in [4.78, 5) is 25.3. The van der Waals surface area contributed by atoms with Crippen LogP contribution < -0.4 is 5.32 Å². The predicted molar refractivity (Wildman–Crippen MR) is 124 cm³/mol. The molecule has 0 bridgehead atoms. The summed E-state index contributed by atoms with van der Waals surface area (Å²) in [6.07, 6.45) is 2.26. The third kappa shape index (κ3) is 5.55. The van der Waals surface area contributed by atoms with Crippen molar-refractivity contribution in [3.05, 3.63) is 89.4 Å². The molecule has 0 unspecified atom stereocenters. The van der Waals surface area contributed by atoms with E-state index in [1.54, 1.807) is 0 Å². The molecule has 0 radical (unpaired) electrons. The number of hydrogen-bond acceptors (Lipinski definition) is 4. The Labute approximate surface area is 197 Å². The molecule has 2 aromatic carbocycles. The fourth-order valence-corrected chi connectivity index (χ4v) is 3.64. The number of benzene rings is 2. The first-order valence-electron chi connectivity index (χ1n) is 10.5. The summed E-state index contributed by atoms with van der Waals surface area (Å²) in [5.74, 6) is -2.82. The Morgan fingerprint density at radius 2 is 1.74 bits per heavy atom. The lowest BCUT2D eigenvalue weighted by molar-refractivity contribution is -0.192. The van der Waals surface area contributed by atoms with Gasteiger partial charge in [0.2, 0.25) is 0 Å². The number of aromatic amines is 1. The first-order chi connectivity index (χ1) is 16.7. The fraction of sp³-hybridized carbons (Fsp3) is 0.120. The number of alkyl halides is 3. The fourth-order valence-electron chi connectivity index (χ4n) is 3.64. The lowest BCUT2D eigenvalue weighted by atomic mass is 10.0. The first kappa shape index (κ1) is 23.7. The van der Waals surface area contributed by atoms with Crippen molar-refractivity contribution in [3.8, 4) is 0 Å². The zero-order valence-corrected chi connectivity index (χ0v) is 18.1. The van der Waals surface area contributed by atoms with Crippen molar-refractivity contribution in [2.75, 3.05) is 5.32 Å². The number of aromatic nitrogens is 3. The van der Waals surface area contributed by atoms with Crippen molar-refractivity contribution in [1.82, 2.24) is 15.2 Å². The van der Waals surface area contributed by atoms with Gasteiger partial charge >= 0.3 is 12.1 Å². The van der Waals surface area contributed by atoms with Crippen LogP contribution in [-0.2, 0) is 22.4 Å². The average molecular weight is 480 g/mol. The molecule has 4 aromatic rings. The van der Waals surface area contributed by atoms with Gasteiger partial charge in [-0.2, -0.15) is 18.3 Å². The summed E-state index contributed by atoms with van der Waals surface area (Å²) >= 11 is 0. The molecule has 7 nitrogen and oxygen atoms in total. The number of amides is 1. The smallest absolute Gasteiger partial charge is 0.475 e. The SMILES string of the molecule is O=C(O)C(F)(F)F.O=C1Nc2ccccc2/C1=C\c1ccc2c(CCc3ccncc3)n[nH]c2c1. The number of aliphatic carboxylic acids is 1. The van der Waals surface area contributed by atoms with Crippen molar-refractivity contribution in [2.24, 2.45) is 0 Å². The highest BCUT2D eigenvalue weighted by atomic mass is 19.4. The van der Waals surface area contributed by atoms with Crippen molar-refractivity contribution in [2.45, 2.75) is 19.0 Å². The van der Waals surface area contributed by atoms with Gasteiger partial charge < -0.3 is 10.4 Å². The highest BCUT2D eigenvalue weighted by Crippen LogP contribution is 2.33. The number of carboxylic acids is 1. The average Bonchev–Trinajstić information content (AvgIpc) is 3.38. The van der Waals surface area contributed by atoms with Crippen LogP contribution >= 0.6 is 0 Å². The zero-order chi connectivity index (χ0) is 25.0. The summed E-state index contributed by atoms with van der Waals surface area (Å²) in [6.45, 7) is 0. The summed E-state index contributed by atoms with van der Waals surface area (Å²) < 4.78 is 31.7. The van der Waals surface area contributed by atoms with Gasteiger partial charge in [-0.3, -0.25) is 14.9 Å². The van der Waals surface area contributed by atoms with E-state index < -0.39 is 12.1 Å². The van der Waals surface area contributed by atoms with Crippen LogP contribution in [0.5, 0.6) is 0 Å². The molecule has 35 heavy (non-hydrogen) atoms. The second-order valence-corrected chi connectivity index (χ2v) is 7.69. The molecule has 0 spiro atoms. The summed E-state index contributed by atoms with van der Waals surface area (Å²) in [5, 5.41) is 18.8. The highest BCUT2D eigenvalue weighted by molar-refractivity contribution is 6.34. The van der Waals surface area contributed by atoms with E-state index in [9.17, 15) is 18.0 Å². The van der Waals surface area contributed by atoms with Crippen LogP contribution in [0.4, 0.5) is 18.9 Å². The number of hydrogen-bond donors (Lipinski definition) is 3. The van der Waals surface area contributed by atoms with E-state index >= 15 is 0 Å². The molecule has 3 heterocycles. The molecule has 0 fully saturated rings. The minimum absolute atomic E-state index is 0.0658. The maximum atomic E-state index is 12.3. The number of fused-ring (bicyclic) bond motifs is 2. The van der Waals surface area contributed by atoms with E-state index in [0.29, 0.717) is 5.57 Å². The number of nitrogens with zero attached hydrogens (tertiary/aromatic N) is 2. The van der Waals surface area contributed by atoms with Gasteiger partial charge in [0.05, 0.1) is 11.2 Å². The van der Waals surface area contributed by atoms with E-state index in [1.165, 1.54) is 5.56 Å². The van der Waals surface area contributed by atoms with Gasteiger partial charge in [0, 0.05) is 34.6 Å². The molecule has 0 atom stereocenters. The standard InChI is InChI=1S/C23H18N4O.C2HF3O2/c28-23-19(17-3-1-2-4-20(17)25-23)13-16-5-7-18-21(26-27-22(18)14-16)8-6-15-9-11-24-12-10-15;3-2(4,5)1(6)7/h1-5,7,9-14H,6,8H2,(H,25,28)(H,26,27);(H,6,7)/b19-13+;. The molecule has 5 rings (SSSR count). The summed E-state index contributed by atoms with van der Waals surface area (Å²) in [6, 6.07) is 18.0. The Balaban J connectivity index is 0.000000364. The molecule has 0 saturated carbocycles. The molecule has 10 heteroatoms. The minimum atomic E-state index is -5.08. The first-order valence-corrected chi connectivity index (χ1v) is 10.5. The summed E-state index contributed by atoms with van der Waals surface area (Å²) in [5.41, 5.74) is 6.74. The van der Waals surface area contributed by atoms with E-state index in [1.807, 2.05) is 67.0 Å². The maximum absolute atomic E-state index is 12.3. The third-order valence-electron chi connectivity index (χ3n) is 5.33. The molecule has 0 saturated heterocycles. The van der Waals surface area contributed by atoms with Crippen LogP contribution in [0, 0.1) is 0 Å². The van der Waals surface area contributed by atoms with Crippen LogP contribution in [0.15, 0.2) is 67.0 Å². The Morgan fingerprint density at radius 3 is 2.46 bits per heavy atom. The lowest BCUT2D eigenvalue weighted by Gasteiger charge is -2.01. The van der Waals surface area contributed by atoms with Gasteiger partial charge in [-0.25, -0.2) is 4.79 Å². The minimum Gasteiger partial charge on any atom is -0.475 e. The molecule has 0 aliphatic carbocycles. The number of H-pyrrole nitrogens is 1. The Morgan fingerprint density at radius 1 is 1.03 bits per heavy atom. The van der Waals surface area contributed by atoms with Crippen LogP contribution in [0.3, 0.4) is 0 Å². The van der Waals surface area contributed by atoms with Crippen molar-refractivity contribution in [1.29, 1.82) is 0 Å². The molecule has 1 amide bonds. The van der Waals surface area contributed by atoms with Gasteiger partial charge in [0.15, 0.2) is 0 Å². The number of carbonyl (C=O) groups is 2. The van der Waals surface area contributed by atoms with Crippen LogP contribution in [0.1, 0.15) is 22.4 Å². The largest absolute Gasteiger partial charge is 0.490 e. The predicted octanol–water partition coefficient (Wildman–Crippen LogP) is 4.87. The monoisotopic (exact) mass is 480 g/mol. The number of nitrogens with one attached hydrogen (secondary N) is 2. The molecule has 2 aromatic heterocycles. The van der Waals surface area contributed by atoms with Crippen molar-refractivity contribution in [3.63, 3.8) is 0 Å². The number of pyridine rings is 1. The molecule has 1 aliphatic rings. The van der Waals surface area contributed by atoms with Gasteiger partial charge in [0.1, 0.15) is 0 Å². The number of para-hydroxylation sites is 1. The van der Waals surface area contributed by atoms with E-state index in [-0.39, 0.29) is 5.91 Å². The van der Waals surface area contributed by atoms with Gasteiger partial charge in [-0.1, -0.05) is 30.3 Å². The molecule has 3 N–H and O–H groups in total. The van der Waals surface area contributed by atoms with Crippen molar-refractivity contribution >= 4 is 40.1 Å². The normalized spacial score (nSPS) is 13.8. The summed E-state index contributed by atoms with van der Waals surface area (Å²) in [7, 11) is 0. The number of anilines is 1. The van der Waals surface area contributed by atoms with Crippen LogP contribution in [0.2, 0.25) is 0 Å². The topological polar surface area (TPSA) is 108 Å². The number of aryl methyl sites for hydroxylation is 2. The van der Waals surface area contributed by atoms with Gasteiger partial charge in [0.25, 0.3) is 5.91 Å². The number of halogens is 3. The Hall–Kier alpha value is -4.47. The van der Waals surface area contributed by atoms with E-state index in [0.717, 1.165) is 46.3 Å². The van der Waals surface area contributed by atoms with Crippen molar-refractivity contribution < 1.29 is 27.9 Å². The zero-order valence-electron chi connectivity index (χ0n) is 18.1. The number of rotatable bonds is 4. The quantitative estimate of drug-likeness (QED) is 0.361. The van der Waals surface area contributed by atoms with Crippen LogP contribution in [-0.4, -0.2) is 38.3 Å². The molecular weight excluding hydrogens is 461 g/mol. The number of carboxylic acid groups (broad SMARTS) is 1. The molecule has 1 aliphatic heterocycles.